The third-order valence-corrected chi connectivity index (χ3v) is 6.75. The van der Waals surface area contributed by atoms with E-state index >= 15 is 0 Å². The van der Waals surface area contributed by atoms with Gasteiger partial charge in [-0.1, -0.05) is 19.4 Å². The van der Waals surface area contributed by atoms with Gasteiger partial charge in [0.15, 0.2) is 0 Å². The van der Waals surface area contributed by atoms with Gasteiger partial charge in [-0.15, -0.1) is 0 Å². The van der Waals surface area contributed by atoms with Gasteiger partial charge in [0.05, 0.1) is 12.8 Å². The molecule has 1 aliphatic rings. The Kier molecular flexibility index (Phi) is 6.38. The number of ether oxygens (including phenoxy) is 1. The Morgan fingerprint density at radius 2 is 1.88 bits per heavy atom. The molecule has 0 atom stereocenters. The molecule has 1 aliphatic heterocycles. The fourth-order valence-corrected chi connectivity index (χ4v) is 5.02. The number of benzene rings is 2. The van der Waals surface area contributed by atoms with Crippen molar-refractivity contribution < 1.29 is 27.1 Å². The predicted octanol–water partition coefficient (Wildman–Crippen LogP) is 3.82. The van der Waals surface area contributed by atoms with Gasteiger partial charge < -0.3 is 10.1 Å². The second-order valence-corrected chi connectivity index (χ2v) is 9.40. The summed E-state index contributed by atoms with van der Waals surface area (Å²) in [5.41, 5.74) is 1.66. The van der Waals surface area contributed by atoms with Crippen molar-refractivity contribution in [2.75, 3.05) is 17.1 Å². The zero-order chi connectivity index (χ0) is 24.5. The molecule has 0 fully saturated rings. The number of hydrogen-bond donors (Lipinski definition) is 2. The molecule has 4 rings (SSSR count). The summed E-state index contributed by atoms with van der Waals surface area (Å²) in [6, 6.07) is 9.45. The van der Waals surface area contributed by atoms with Crippen molar-refractivity contribution >= 4 is 33.3 Å². The average molecular weight is 487 g/mol. The fourth-order valence-electron chi connectivity index (χ4n) is 3.77. The van der Waals surface area contributed by atoms with Crippen LogP contribution in [0.2, 0.25) is 0 Å². The van der Waals surface area contributed by atoms with Gasteiger partial charge in [0.25, 0.3) is 10.0 Å². The molecular formula is C23H23FN4O5S. The number of rotatable bonds is 7. The number of methoxy groups -OCH3 is 1. The first-order chi connectivity index (χ1) is 16.2. The molecule has 0 saturated heterocycles. The summed E-state index contributed by atoms with van der Waals surface area (Å²) in [5.74, 6) is -0.832. The molecule has 178 valence electrons. The number of sulfonamides is 1. The fraction of sp³-hybridized carbons (Fsp3) is 0.261. The highest BCUT2D eigenvalue weighted by Crippen LogP contribution is 2.38. The number of nitrogens with zero attached hydrogens (tertiary/aromatic N) is 2. The van der Waals surface area contributed by atoms with Crippen LogP contribution >= 0.6 is 0 Å². The Labute approximate surface area is 196 Å². The molecule has 0 spiro atoms. The SMILES string of the molecule is CCCc1nn2c(c1-c1ccc(OC)c(S(=O)(=O)Nc3ccc(F)cc3)c1)NC(=O)CCC2=O. The molecule has 1 aromatic heterocycles. The largest absolute Gasteiger partial charge is 0.495 e. The number of anilines is 2. The van der Waals surface area contributed by atoms with Crippen molar-refractivity contribution in [3.63, 3.8) is 0 Å². The highest BCUT2D eigenvalue weighted by atomic mass is 32.2. The van der Waals surface area contributed by atoms with Crippen LogP contribution in [0.5, 0.6) is 5.75 Å². The van der Waals surface area contributed by atoms with E-state index in [-0.39, 0.29) is 46.8 Å². The predicted molar refractivity (Wildman–Crippen MR) is 124 cm³/mol. The lowest BCUT2D eigenvalue weighted by Crippen LogP contribution is -2.14. The van der Waals surface area contributed by atoms with E-state index in [2.05, 4.69) is 15.1 Å². The van der Waals surface area contributed by atoms with Gasteiger partial charge in [-0.2, -0.15) is 9.78 Å². The van der Waals surface area contributed by atoms with Crippen LogP contribution in [-0.2, 0) is 21.2 Å². The summed E-state index contributed by atoms with van der Waals surface area (Å²) in [6.45, 7) is 1.95. The Morgan fingerprint density at radius 1 is 1.15 bits per heavy atom. The van der Waals surface area contributed by atoms with Gasteiger partial charge in [-0.05, 0) is 48.4 Å². The first-order valence-corrected chi connectivity index (χ1v) is 12.1. The van der Waals surface area contributed by atoms with Crippen LogP contribution in [0.4, 0.5) is 15.9 Å². The zero-order valence-electron chi connectivity index (χ0n) is 18.6. The van der Waals surface area contributed by atoms with Crippen molar-refractivity contribution in [1.82, 2.24) is 9.78 Å². The second kappa shape index (κ2) is 9.26. The van der Waals surface area contributed by atoms with Gasteiger partial charge in [0, 0.05) is 24.1 Å². The highest BCUT2D eigenvalue weighted by Gasteiger charge is 2.29. The quantitative estimate of drug-likeness (QED) is 0.524. The minimum Gasteiger partial charge on any atom is -0.495 e. The lowest BCUT2D eigenvalue weighted by molar-refractivity contribution is -0.116. The molecule has 2 N–H and O–H groups in total. The Bertz CT molecular complexity index is 1370. The summed E-state index contributed by atoms with van der Waals surface area (Å²) >= 11 is 0. The number of aromatic nitrogens is 2. The molecule has 11 heteroatoms. The van der Waals surface area contributed by atoms with E-state index in [0.29, 0.717) is 23.2 Å². The van der Waals surface area contributed by atoms with Gasteiger partial charge >= 0.3 is 0 Å². The molecular weight excluding hydrogens is 463 g/mol. The summed E-state index contributed by atoms with van der Waals surface area (Å²) in [7, 11) is -2.79. The number of nitrogens with one attached hydrogen (secondary N) is 2. The number of hydrogen-bond acceptors (Lipinski definition) is 6. The number of aryl methyl sites for hydroxylation is 1. The molecule has 2 aromatic carbocycles. The topological polar surface area (TPSA) is 119 Å². The van der Waals surface area contributed by atoms with Gasteiger partial charge in [0.1, 0.15) is 22.3 Å². The Hall–Kier alpha value is -3.73. The number of fused-ring (bicyclic) bond motifs is 1. The standard InChI is InChI=1S/C23H23FN4O5S/c1-3-4-17-22(23-25-20(29)11-12-21(30)28(23)26-17)14-5-10-18(33-2)19(13-14)34(31,32)27-16-8-6-15(24)7-9-16/h5-10,13,27H,3-4,11-12H2,1-2H3,(H,25,29). The summed E-state index contributed by atoms with van der Waals surface area (Å²) in [4.78, 5) is 24.6. The molecule has 3 aromatic rings. The molecule has 9 nitrogen and oxygen atoms in total. The molecule has 1 amide bonds. The van der Waals surface area contributed by atoms with Crippen LogP contribution in [0.3, 0.4) is 0 Å². The molecule has 2 heterocycles. The maximum atomic E-state index is 13.2. The van der Waals surface area contributed by atoms with Crippen LogP contribution < -0.4 is 14.8 Å². The van der Waals surface area contributed by atoms with Gasteiger partial charge in [-0.3, -0.25) is 14.3 Å². The van der Waals surface area contributed by atoms with Crippen molar-refractivity contribution in [1.29, 1.82) is 0 Å². The van der Waals surface area contributed by atoms with E-state index in [1.807, 2.05) is 6.92 Å². The van der Waals surface area contributed by atoms with E-state index in [0.717, 1.165) is 18.6 Å². The van der Waals surface area contributed by atoms with Gasteiger partial charge in [0.2, 0.25) is 11.8 Å². The van der Waals surface area contributed by atoms with E-state index in [4.69, 9.17) is 4.74 Å². The molecule has 0 radical (unpaired) electrons. The monoisotopic (exact) mass is 486 g/mol. The molecule has 0 saturated carbocycles. The van der Waals surface area contributed by atoms with Crippen LogP contribution in [0.15, 0.2) is 47.4 Å². The van der Waals surface area contributed by atoms with Crippen molar-refractivity contribution in [2.24, 2.45) is 0 Å². The minimum atomic E-state index is -4.14. The Balaban J connectivity index is 1.86. The normalized spacial score (nSPS) is 13.7. The average Bonchev–Trinajstić information content (AvgIpc) is 3.09. The van der Waals surface area contributed by atoms with E-state index < -0.39 is 15.8 Å². The summed E-state index contributed by atoms with van der Waals surface area (Å²) in [5, 5.41) is 7.16. The highest BCUT2D eigenvalue weighted by molar-refractivity contribution is 7.92. The molecule has 34 heavy (non-hydrogen) atoms. The van der Waals surface area contributed by atoms with Crippen molar-refractivity contribution in [2.45, 2.75) is 37.5 Å². The lowest BCUT2D eigenvalue weighted by atomic mass is 10.0. The lowest BCUT2D eigenvalue weighted by Gasteiger charge is -2.14. The van der Waals surface area contributed by atoms with E-state index in [1.54, 1.807) is 6.07 Å². The number of halogens is 1. The maximum absolute atomic E-state index is 13.2. The van der Waals surface area contributed by atoms with Crippen LogP contribution in [-0.4, -0.2) is 37.1 Å². The third kappa shape index (κ3) is 4.51. The first-order valence-electron chi connectivity index (χ1n) is 10.6. The molecule has 0 bridgehead atoms. The number of amides is 1. The maximum Gasteiger partial charge on any atom is 0.265 e. The van der Waals surface area contributed by atoms with Crippen LogP contribution in [0.1, 0.15) is 36.7 Å². The van der Waals surface area contributed by atoms with Crippen LogP contribution in [0, 0.1) is 5.82 Å². The van der Waals surface area contributed by atoms with E-state index in [9.17, 15) is 22.4 Å². The smallest absolute Gasteiger partial charge is 0.265 e. The Morgan fingerprint density at radius 3 is 2.56 bits per heavy atom. The first kappa shape index (κ1) is 23.4. The minimum absolute atomic E-state index is 0.0232. The number of carbonyl (C=O) groups is 2. The van der Waals surface area contributed by atoms with E-state index in [1.165, 1.54) is 36.1 Å². The van der Waals surface area contributed by atoms with Gasteiger partial charge in [-0.25, -0.2) is 12.8 Å². The van der Waals surface area contributed by atoms with Crippen molar-refractivity contribution in [3.05, 3.63) is 54.0 Å². The summed E-state index contributed by atoms with van der Waals surface area (Å²) < 4.78 is 48.5. The summed E-state index contributed by atoms with van der Waals surface area (Å²) in [6.07, 6.45) is 1.30. The van der Waals surface area contributed by atoms with Crippen molar-refractivity contribution in [3.8, 4) is 16.9 Å². The third-order valence-electron chi connectivity index (χ3n) is 5.34. The second-order valence-electron chi connectivity index (χ2n) is 7.75. The molecule has 0 unspecified atom stereocenters. The zero-order valence-corrected chi connectivity index (χ0v) is 19.4. The molecule has 0 aliphatic carbocycles. The number of carbonyl (C=O) groups excluding carboxylic acids is 2. The van der Waals surface area contributed by atoms with Crippen LogP contribution in [0.25, 0.3) is 11.1 Å².